The fourth-order valence-electron chi connectivity index (χ4n) is 7.63. The number of thioether (sulfide) groups is 1. The molecule has 4 heteroatoms. The van der Waals surface area contributed by atoms with Gasteiger partial charge in [0.15, 0.2) is 5.82 Å². The van der Waals surface area contributed by atoms with Crippen molar-refractivity contribution in [1.29, 1.82) is 0 Å². The number of aromatic nitrogens is 3. The second-order valence-corrected chi connectivity index (χ2v) is 13.6. The maximum absolute atomic E-state index is 5.16. The van der Waals surface area contributed by atoms with Crippen LogP contribution in [0.4, 0.5) is 0 Å². The molecule has 0 amide bonds. The fourth-order valence-corrected chi connectivity index (χ4v) is 8.81. The predicted molar refractivity (Wildman–Crippen MR) is 202 cm³/mol. The van der Waals surface area contributed by atoms with Crippen LogP contribution in [-0.2, 0) is 0 Å². The lowest BCUT2D eigenvalue weighted by Crippen LogP contribution is -2.08. The number of nitrogens with zero attached hydrogens (tertiary/aromatic N) is 3. The van der Waals surface area contributed by atoms with Crippen LogP contribution in [0.15, 0.2) is 157 Å². The second-order valence-electron chi connectivity index (χ2n) is 12.5. The van der Waals surface area contributed by atoms with Gasteiger partial charge in [0.05, 0.1) is 22.6 Å². The van der Waals surface area contributed by atoms with Crippen molar-refractivity contribution in [3.05, 3.63) is 168 Å². The van der Waals surface area contributed by atoms with Gasteiger partial charge >= 0.3 is 0 Å². The van der Waals surface area contributed by atoms with Crippen LogP contribution in [0.1, 0.15) is 16.5 Å². The molecule has 0 bridgehead atoms. The van der Waals surface area contributed by atoms with Gasteiger partial charge in [0.1, 0.15) is 0 Å². The van der Waals surface area contributed by atoms with E-state index < -0.39 is 0 Å². The Balaban J connectivity index is 1.25. The Bertz CT molecular complexity index is 2540. The molecule has 1 aliphatic heterocycles. The quantitative estimate of drug-likeness (QED) is 0.181. The van der Waals surface area contributed by atoms with Crippen molar-refractivity contribution in [1.82, 2.24) is 14.5 Å². The van der Waals surface area contributed by atoms with E-state index in [2.05, 4.69) is 156 Å². The predicted octanol–water partition coefficient (Wildman–Crippen LogP) is 11.7. The van der Waals surface area contributed by atoms with E-state index >= 15 is 0 Å². The van der Waals surface area contributed by atoms with Crippen LogP contribution in [0, 0.1) is 5.92 Å². The summed E-state index contributed by atoms with van der Waals surface area (Å²) in [4.78, 5) is 10.3. The lowest BCUT2D eigenvalue weighted by Gasteiger charge is -2.22. The van der Waals surface area contributed by atoms with E-state index in [0.29, 0.717) is 17.0 Å². The summed E-state index contributed by atoms with van der Waals surface area (Å²) >= 11 is 1.94. The van der Waals surface area contributed by atoms with Crippen LogP contribution < -0.4 is 0 Å². The van der Waals surface area contributed by atoms with Gasteiger partial charge in [0.25, 0.3) is 0 Å². The lowest BCUT2D eigenvalue weighted by molar-refractivity contribution is 0.790. The molecule has 0 saturated heterocycles. The molecule has 2 aromatic heterocycles. The summed E-state index contributed by atoms with van der Waals surface area (Å²) < 4.78 is 2.49. The summed E-state index contributed by atoms with van der Waals surface area (Å²) in [6, 6.07) is 49.4. The van der Waals surface area contributed by atoms with Gasteiger partial charge < -0.3 is 4.57 Å². The first kappa shape index (κ1) is 27.4. The number of fused-ring (bicyclic) bond motifs is 10. The number of allylic oxidation sites excluding steroid dienone is 2. The standard InChI is InChI=1S/C44H29N3S/c1-3-12-28(13-4-1)37-27-38(29-14-5-2-6-15-29)46-44(45-37)31-16-11-17-32(26-31)47-39-23-22-30-24-25-48-43(30)41(39)40-35-20-9-7-18-33(35)34-19-8-10-21-36(34)42(40)47/h1-27,30,43H. The molecule has 10 rings (SSSR count). The normalized spacial score (nSPS) is 16.5. The summed E-state index contributed by atoms with van der Waals surface area (Å²) in [6.45, 7) is 0. The minimum Gasteiger partial charge on any atom is -0.309 e. The minimum atomic E-state index is 0.348. The number of rotatable bonds is 4. The van der Waals surface area contributed by atoms with Crippen LogP contribution >= 0.6 is 11.8 Å². The van der Waals surface area contributed by atoms with Crippen LogP contribution in [0.5, 0.6) is 0 Å². The third kappa shape index (κ3) is 4.23. The first-order valence-electron chi connectivity index (χ1n) is 16.4. The Hall–Kier alpha value is -5.71. The highest BCUT2D eigenvalue weighted by Crippen LogP contribution is 2.54. The summed E-state index contributed by atoms with van der Waals surface area (Å²) in [5, 5.41) is 9.14. The van der Waals surface area contributed by atoms with Crippen LogP contribution in [-0.4, -0.2) is 14.5 Å². The Morgan fingerprint density at radius 1 is 0.542 bits per heavy atom. The molecule has 6 aromatic carbocycles. The molecular formula is C44H29N3S. The minimum absolute atomic E-state index is 0.348. The zero-order chi connectivity index (χ0) is 31.6. The molecule has 0 saturated carbocycles. The van der Waals surface area contributed by atoms with Crippen molar-refractivity contribution in [2.75, 3.05) is 0 Å². The van der Waals surface area contributed by atoms with E-state index in [-0.39, 0.29) is 0 Å². The van der Waals surface area contributed by atoms with E-state index in [1.165, 1.54) is 43.7 Å². The molecule has 2 atom stereocenters. The van der Waals surface area contributed by atoms with E-state index in [1.807, 2.05) is 23.9 Å². The zero-order valence-corrected chi connectivity index (χ0v) is 26.8. The van der Waals surface area contributed by atoms with E-state index in [4.69, 9.17) is 9.97 Å². The molecule has 0 radical (unpaired) electrons. The molecule has 2 unspecified atom stereocenters. The monoisotopic (exact) mass is 631 g/mol. The van der Waals surface area contributed by atoms with E-state index in [0.717, 1.165) is 33.8 Å². The molecule has 0 fully saturated rings. The van der Waals surface area contributed by atoms with Crippen LogP contribution in [0.3, 0.4) is 0 Å². The van der Waals surface area contributed by atoms with Crippen LogP contribution in [0.2, 0.25) is 0 Å². The van der Waals surface area contributed by atoms with Crippen molar-refractivity contribution in [3.8, 4) is 39.6 Å². The molecule has 226 valence electrons. The molecular weight excluding hydrogens is 603 g/mol. The number of hydrogen-bond donors (Lipinski definition) is 0. The van der Waals surface area contributed by atoms with Crippen molar-refractivity contribution in [2.24, 2.45) is 5.92 Å². The highest BCUT2D eigenvalue weighted by atomic mass is 32.2. The molecule has 2 aliphatic rings. The fraction of sp³-hybridized carbons (Fsp3) is 0.0455. The van der Waals surface area contributed by atoms with Crippen molar-refractivity contribution >= 4 is 50.3 Å². The number of hydrogen-bond acceptors (Lipinski definition) is 3. The molecule has 3 heterocycles. The zero-order valence-electron chi connectivity index (χ0n) is 26.0. The summed E-state index contributed by atoms with van der Waals surface area (Å²) in [5.74, 6) is 1.10. The van der Waals surface area contributed by atoms with Gasteiger partial charge in [0.2, 0.25) is 0 Å². The molecule has 0 spiro atoms. The molecule has 1 aliphatic carbocycles. The molecule has 3 nitrogen and oxygen atoms in total. The smallest absolute Gasteiger partial charge is 0.160 e. The van der Waals surface area contributed by atoms with Gasteiger partial charge in [-0.1, -0.05) is 133 Å². The van der Waals surface area contributed by atoms with Gasteiger partial charge in [-0.3, -0.25) is 0 Å². The highest BCUT2D eigenvalue weighted by Gasteiger charge is 2.34. The molecule has 0 N–H and O–H groups in total. The van der Waals surface area contributed by atoms with Gasteiger partial charge in [-0.05, 0) is 45.8 Å². The summed E-state index contributed by atoms with van der Waals surface area (Å²) in [6.07, 6.45) is 7.08. The van der Waals surface area contributed by atoms with Crippen molar-refractivity contribution in [2.45, 2.75) is 5.25 Å². The SMILES string of the molecule is C1=CC2C=Cc3c(c4c5ccccc5c5ccccc5c4n3-c3cccc(-c4nc(-c5ccccc5)cc(-c5ccccc5)n4)c3)C2S1. The number of benzene rings is 6. The first-order valence-corrected chi connectivity index (χ1v) is 17.3. The van der Waals surface area contributed by atoms with E-state index in [1.54, 1.807) is 0 Å². The van der Waals surface area contributed by atoms with Gasteiger partial charge in [-0.2, -0.15) is 0 Å². The maximum atomic E-state index is 5.16. The molecule has 8 aromatic rings. The first-order chi connectivity index (χ1) is 23.8. The van der Waals surface area contributed by atoms with Gasteiger partial charge in [0, 0.05) is 49.9 Å². The lowest BCUT2D eigenvalue weighted by atomic mass is 9.89. The van der Waals surface area contributed by atoms with Crippen molar-refractivity contribution in [3.63, 3.8) is 0 Å². The Morgan fingerprint density at radius 2 is 1.15 bits per heavy atom. The van der Waals surface area contributed by atoms with Crippen molar-refractivity contribution < 1.29 is 0 Å². The third-order valence-corrected chi connectivity index (χ3v) is 10.9. The third-order valence-electron chi connectivity index (χ3n) is 9.78. The average Bonchev–Trinajstić information content (AvgIpc) is 3.79. The Morgan fingerprint density at radius 3 is 1.85 bits per heavy atom. The Kier molecular flexibility index (Phi) is 6.24. The summed E-state index contributed by atoms with van der Waals surface area (Å²) in [5.41, 5.74) is 9.98. The maximum Gasteiger partial charge on any atom is 0.160 e. The highest BCUT2D eigenvalue weighted by molar-refractivity contribution is 8.02. The summed E-state index contributed by atoms with van der Waals surface area (Å²) in [7, 11) is 0. The van der Waals surface area contributed by atoms with Gasteiger partial charge in [-0.15, -0.1) is 11.8 Å². The largest absolute Gasteiger partial charge is 0.309 e. The topological polar surface area (TPSA) is 30.7 Å². The Labute approximate surface area is 282 Å². The van der Waals surface area contributed by atoms with Crippen LogP contribution in [0.25, 0.3) is 78.1 Å². The van der Waals surface area contributed by atoms with Gasteiger partial charge in [-0.25, -0.2) is 9.97 Å². The second kappa shape index (κ2) is 10.9. The van der Waals surface area contributed by atoms with E-state index in [9.17, 15) is 0 Å². The molecule has 48 heavy (non-hydrogen) atoms. The average molecular weight is 632 g/mol.